The highest BCUT2D eigenvalue weighted by Gasteiger charge is 2.17. The fourth-order valence-corrected chi connectivity index (χ4v) is 1.58. The molecule has 7 heteroatoms. The predicted molar refractivity (Wildman–Crippen MR) is 71.6 cm³/mol. The van der Waals surface area contributed by atoms with Crippen LogP contribution >= 0.6 is 0 Å². The normalized spacial score (nSPS) is 16.5. The Morgan fingerprint density at radius 1 is 1.26 bits per heavy atom. The third-order valence-corrected chi connectivity index (χ3v) is 2.53. The van der Waals surface area contributed by atoms with Crippen molar-refractivity contribution in [3.63, 3.8) is 0 Å². The first-order chi connectivity index (χ1) is 9.11. The summed E-state index contributed by atoms with van der Waals surface area (Å²) in [5, 5.41) is 12.0. The Bertz CT molecular complexity index is 577. The zero-order valence-electron chi connectivity index (χ0n) is 10.3. The minimum Gasteiger partial charge on any atom is -0.330 e. The van der Waals surface area contributed by atoms with Gasteiger partial charge in [-0.25, -0.2) is 8.78 Å². The first-order valence-corrected chi connectivity index (χ1v) is 5.72. The minimum absolute atomic E-state index is 0.346. The fraction of sp³-hybridized carbons (Fsp3) is 0.250. The number of nitrogens with one attached hydrogen (secondary N) is 1. The van der Waals surface area contributed by atoms with E-state index < -0.39 is 11.6 Å². The first kappa shape index (κ1) is 13.3. The number of rotatable bonds is 4. The Morgan fingerprint density at radius 3 is 2.74 bits per heavy atom. The van der Waals surface area contributed by atoms with Gasteiger partial charge in [-0.1, -0.05) is 0 Å². The van der Waals surface area contributed by atoms with E-state index >= 15 is 0 Å². The van der Waals surface area contributed by atoms with Crippen LogP contribution in [0.3, 0.4) is 0 Å². The van der Waals surface area contributed by atoms with E-state index in [2.05, 4.69) is 20.7 Å². The van der Waals surface area contributed by atoms with E-state index in [-0.39, 0.29) is 0 Å². The van der Waals surface area contributed by atoms with Crippen LogP contribution in [0.25, 0.3) is 0 Å². The molecular formula is C12H13F2N5. The summed E-state index contributed by atoms with van der Waals surface area (Å²) in [6.45, 7) is 2.20. The maximum atomic E-state index is 13.0. The fourth-order valence-electron chi connectivity index (χ4n) is 1.58. The van der Waals surface area contributed by atoms with Gasteiger partial charge in [-0.3, -0.25) is 5.43 Å². The number of halogens is 2. The van der Waals surface area contributed by atoms with Crippen LogP contribution in [0.15, 0.2) is 33.5 Å². The summed E-state index contributed by atoms with van der Waals surface area (Å²) in [5.74, 6) is -1.83. The van der Waals surface area contributed by atoms with Gasteiger partial charge in [-0.05, 0) is 25.6 Å². The first-order valence-electron chi connectivity index (χ1n) is 5.72. The van der Waals surface area contributed by atoms with Crippen molar-refractivity contribution in [3.8, 4) is 0 Å². The molecule has 0 amide bonds. The van der Waals surface area contributed by atoms with Gasteiger partial charge >= 0.3 is 0 Å². The summed E-state index contributed by atoms with van der Waals surface area (Å²) in [7, 11) is 0. The lowest BCUT2D eigenvalue weighted by atomic mass is 10.1. The second-order valence-corrected chi connectivity index (χ2v) is 3.97. The average molecular weight is 265 g/mol. The lowest BCUT2D eigenvalue weighted by molar-refractivity contribution is 0.509. The third kappa shape index (κ3) is 3.00. The third-order valence-electron chi connectivity index (χ3n) is 2.53. The van der Waals surface area contributed by atoms with Gasteiger partial charge in [0.05, 0.1) is 17.1 Å². The van der Waals surface area contributed by atoms with Gasteiger partial charge in [0.25, 0.3) is 0 Å². The van der Waals surface area contributed by atoms with Gasteiger partial charge in [0, 0.05) is 12.5 Å². The van der Waals surface area contributed by atoms with E-state index in [1.807, 2.05) is 0 Å². The lowest BCUT2D eigenvalue weighted by Gasteiger charge is -2.04. The summed E-state index contributed by atoms with van der Waals surface area (Å²) in [6, 6.07) is 3.45. The molecule has 1 aliphatic rings. The summed E-state index contributed by atoms with van der Waals surface area (Å²) < 4.78 is 25.8. The molecule has 0 radical (unpaired) electrons. The smallest absolute Gasteiger partial charge is 0.160 e. The van der Waals surface area contributed by atoms with Gasteiger partial charge in [-0.2, -0.15) is 15.3 Å². The van der Waals surface area contributed by atoms with Crippen molar-refractivity contribution < 1.29 is 8.78 Å². The van der Waals surface area contributed by atoms with Crippen molar-refractivity contribution in [3.05, 3.63) is 29.8 Å². The molecule has 2 rings (SSSR count). The number of nitrogens with zero attached hydrogens (tertiary/aromatic N) is 3. The summed E-state index contributed by atoms with van der Waals surface area (Å²) in [4.78, 5) is 0. The Kier molecular flexibility index (Phi) is 3.96. The van der Waals surface area contributed by atoms with Crippen LogP contribution < -0.4 is 11.2 Å². The second kappa shape index (κ2) is 5.66. The van der Waals surface area contributed by atoms with E-state index in [9.17, 15) is 8.78 Å². The molecule has 1 aromatic rings. The molecule has 0 saturated heterocycles. The molecule has 0 aromatic heterocycles. The molecular weight excluding hydrogens is 252 g/mol. The highest BCUT2D eigenvalue weighted by Crippen LogP contribution is 2.13. The monoisotopic (exact) mass is 265 g/mol. The molecule has 5 nitrogen and oxygen atoms in total. The number of anilines is 1. The van der Waals surface area contributed by atoms with Gasteiger partial charge in [0.2, 0.25) is 0 Å². The zero-order valence-corrected chi connectivity index (χ0v) is 10.3. The summed E-state index contributed by atoms with van der Waals surface area (Å²) >= 11 is 0. The molecule has 0 unspecified atom stereocenters. The molecule has 1 aliphatic heterocycles. The van der Waals surface area contributed by atoms with Crippen LogP contribution in [-0.4, -0.2) is 23.7 Å². The lowest BCUT2D eigenvalue weighted by Crippen LogP contribution is -2.22. The number of hydrogen-bond donors (Lipinski definition) is 2. The second-order valence-electron chi connectivity index (χ2n) is 3.97. The molecule has 1 aromatic carbocycles. The van der Waals surface area contributed by atoms with Crippen molar-refractivity contribution in [2.75, 3.05) is 12.0 Å². The van der Waals surface area contributed by atoms with Gasteiger partial charge in [0.15, 0.2) is 11.6 Å². The van der Waals surface area contributed by atoms with Crippen LogP contribution in [0, 0.1) is 11.6 Å². The Hall–Kier alpha value is -2.15. The number of nitrogens with two attached hydrogens (primary N) is 1. The molecule has 19 heavy (non-hydrogen) atoms. The molecule has 100 valence electrons. The molecule has 0 saturated carbocycles. The van der Waals surface area contributed by atoms with Crippen molar-refractivity contribution in [2.24, 2.45) is 21.0 Å². The molecule has 0 aliphatic carbocycles. The highest BCUT2D eigenvalue weighted by molar-refractivity contribution is 6.69. The molecule has 3 N–H and O–H groups in total. The summed E-state index contributed by atoms with van der Waals surface area (Å²) in [5.41, 5.74) is 10.4. The van der Waals surface area contributed by atoms with Crippen LogP contribution in [0.1, 0.15) is 13.3 Å². The standard InChI is InChI=1S/C12H13F2N5/c1-7-12(11(4-5-15)18-16-7)19-17-8-2-3-9(13)10(14)6-8/h2-3,6,17H,4-5,15H2,1H3. The van der Waals surface area contributed by atoms with Gasteiger partial charge < -0.3 is 5.73 Å². The molecule has 0 atom stereocenters. The van der Waals surface area contributed by atoms with Crippen LogP contribution in [0.4, 0.5) is 14.5 Å². The van der Waals surface area contributed by atoms with E-state index in [1.165, 1.54) is 6.07 Å². The van der Waals surface area contributed by atoms with E-state index in [4.69, 9.17) is 5.73 Å². The van der Waals surface area contributed by atoms with Gasteiger partial charge in [-0.15, -0.1) is 0 Å². The Labute approximate surface area is 108 Å². The predicted octanol–water partition coefficient (Wildman–Crippen LogP) is 1.91. The van der Waals surface area contributed by atoms with E-state index in [0.29, 0.717) is 35.8 Å². The van der Waals surface area contributed by atoms with E-state index in [1.54, 1.807) is 6.92 Å². The van der Waals surface area contributed by atoms with Crippen molar-refractivity contribution in [1.82, 2.24) is 0 Å². The van der Waals surface area contributed by atoms with Crippen molar-refractivity contribution in [2.45, 2.75) is 13.3 Å². The molecule has 1 heterocycles. The van der Waals surface area contributed by atoms with Crippen LogP contribution in [0.2, 0.25) is 0 Å². The largest absolute Gasteiger partial charge is 0.330 e. The summed E-state index contributed by atoms with van der Waals surface area (Å²) in [6.07, 6.45) is 0.555. The highest BCUT2D eigenvalue weighted by atomic mass is 19.2. The topological polar surface area (TPSA) is 75.1 Å². The Balaban J connectivity index is 2.15. The molecule has 0 fully saturated rings. The maximum Gasteiger partial charge on any atom is 0.160 e. The quantitative estimate of drug-likeness (QED) is 0.816. The van der Waals surface area contributed by atoms with E-state index in [0.717, 1.165) is 12.1 Å². The minimum atomic E-state index is -0.933. The van der Waals surface area contributed by atoms with Crippen molar-refractivity contribution in [1.29, 1.82) is 0 Å². The zero-order chi connectivity index (χ0) is 13.8. The van der Waals surface area contributed by atoms with Crippen molar-refractivity contribution >= 4 is 22.8 Å². The maximum absolute atomic E-state index is 13.0. The Morgan fingerprint density at radius 2 is 2.05 bits per heavy atom. The number of hydrogen-bond acceptors (Lipinski definition) is 5. The SMILES string of the molecule is CC1=NN=C(CCN)C1=NNc1ccc(F)c(F)c1. The molecule has 0 bridgehead atoms. The molecule has 0 spiro atoms. The van der Waals surface area contributed by atoms with Crippen LogP contribution in [0.5, 0.6) is 0 Å². The van der Waals surface area contributed by atoms with Gasteiger partial charge in [0.1, 0.15) is 5.71 Å². The number of hydrazone groups is 1. The van der Waals surface area contributed by atoms with Crippen LogP contribution in [-0.2, 0) is 0 Å². The average Bonchev–Trinajstić information content (AvgIpc) is 2.73. The number of benzene rings is 1.